The fourth-order valence-electron chi connectivity index (χ4n) is 1.29. The molecule has 0 aliphatic carbocycles. The number of hydrogen-bond acceptors (Lipinski definition) is 2. The summed E-state index contributed by atoms with van der Waals surface area (Å²) in [7, 11) is 1.91. The molecule has 0 amide bonds. The Morgan fingerprint density at radius 2 is 1.92 bits per heavy atom. The van der Waals surface area contributed by atoms with Crippen molar-refractivity contribution in [1.29, 1.82) is 0 Å². The lowest BCUT2D eigenvalue weighted by Crippen LogP contribution is -2.42. The third-order valence-corrected chi connectivity index (χ3v) is 1.98. The molecule has 12 heavy (non-hydrogen) atoms. The third-order valence-electron chi connectivity index (χ3n) is 1.98. The van der Waals surface area contributed by atoms with Crippen LogP contribution in [0.1, 0.15) is 12.5 Å². The van der Waals surface area contributed by atoms with Gasteiger partial charge in [0.2, 0.25) is 0 Å². The van der Waals surface area contributed by atoms with E-state index in [2.05, 4.69) is 17.4 Å². The van der Waals surface area contributed by atoms with E-state index in [0.29, 0.717) is 0 Å². The predicted octanol–water partition coefficient (Wildman–Crippen LogP) is 1.08. The highest BCUT2D eigenvalue weighted by molar-refractivity contribution is 5.23. The highest BCUT2D eigenvalue weighted by atomic mass is 14.9. The number of nitrogens with one attached hydrogen (secondary N) is 1. The Morgan fingerprint density at radius 1 is 1.33 bits per heavy atom. The van der Waals surface area contributed by atoms with Gasteiger partial charge in [-0.3, -0.25) is 0 Å². The predicted molar refractivity (Wildman–Crippen MR) is 51.9 cm³/mol. The normalized spacial score (nSPS) is 15.6. The number of nitrogens with two attached hydrogens (primary N) is 1. The first-order chi connectivity index (χ1) is 5.67. The highest BCUT2D eigenvalue weighted by Crippen LogP contribution is 2.15. The topological polar surface area (TPSA) is 38.0 Å². The molecule has 0 saturated carbocycles. The van der Waals surface area contributed by atoms with Crippen molar-refractivity contribution in [2.24, 2.45) is 5.73 Å². The van der Waals surface area contributed by atoms with Crippen LogP contribution in [0.3, 0.4) is 0 Å². The Hall–Kier alpha value is -0.860. The van der Waals surface area contributed by atoms with Crippen molar-refractivity contribution in [3.63, 3.8) is 0 Å². The molecule has 66 valence electrons. The Bertz CT molecular complexity index is 229. The first-order valence-electron chi connectivity index (χ1n) is 4.16. The fraction of sp³-hybridized carbons (Fsp3) is 0.400. The second kappa shape index (κ2) is 3.70. The van der Waals surface area contributed by atoms with Gasteiger partial charge in [0.15, 0.2) is 0 Å². The Labute approximate surface area is 73.8 Å². The second-order valence-electron chi connectivity index (χ2n) is 3.31. The molecule has 0 unspecified atom stereocenters. The minimum atomic E-state index is -0.268. The summed E-state index contributed by atoms with van der Waals surface area (Å²) in [6, 6.07) is 10.1. The van der Waals surface area contributed by atoms with Crippen LogP contribution in [0.5, 0.6) is 0 Å². The van der Waals surface area contributed by atoms with E-state index in [9.17, 15) is 0 Å². The molecule has 0 aliphatic rings. The van der Waals surface area contributed by atoms with E-state index in [4.69, 9.17) is 5.73 Å². The lowest BCUT2D eigenvalue weighted by molar-refractivity contribution is 0.467. The van der Waals surface area contributed by atoms with Gasteiger partial charge < -0.3 is 11.1 Å². The minimum Gasteiger partial charge on any atom is -0.321 e. The lowest BCUT2D eigenvalue weighted by Gasteiger charge is -2.24. The standard InChI is InChI=1S/C10H16N2/c1-10(11,8-12-2)9-6-4-3-5-7-9/h3-7,12H,8,11H2,1-2H3/t10-/m0/s1. The molecule has 1 rings (SSSR count). The molecule has 2 heteroatoms. The van der Waals surface area contributed by atoms with E-state index >= 15 is 0 Å². The van der Waals surface area contributed by atoms with Crippen molar-refractivity contribution in [1.82, 2.24) is 5.32 Å². The van der Waals surface area contributed by atoms with E-state index in [1.807, 2.05) is 32.2 Å². The molecule has 0 aromatic heterocycles. The van der Waals surface area contributed by atoms with Gasteiger partial charge >= 0.3 is 0 Å². The largest absolute Gasteiger partial charge is 0.321 e. The molecule has 2 nitrogen and oxygen atoms in total. The molecule has 0 bridgehead atoms. The number of likely N-dealkylation sites (N-methyl/N-ethyl adjacent to an activating group) is 1. The Morgan fingerprint density at radius 3 is 2.42 bits per heavy atom. The molecule has 0 spiro atoms. The molecule has 1 atom stereocenters. The van der Waals surface area contributed by atoms with Gasteiger partial charge in [-0.25, -0.2) is 0 Å². The van der Waals surface area contributed by atoms with Crippen LogP contribution in [-0.4, -0.2) is 13.6 Å². The molecule has 0 radical (unpaired) electrons. The average molecular weight is 164 g/mol. The van der Waals surface area contributed by atoms with Crippen molar-refractivity contribution in [3.05, 3.63) is 35.9 Å². The van der Waals surface area contributed by atoms with E-state index in [-0.39, 0.29) is 5.54 Å². The van der Waals surface area contributed by atoms with Gasteiger partial charge in [-0.05, 0) is 19.5 Å². The lowest BCUT2D eigenvalue weighted by atomic mass is 9.93. The number of hydrogen-bond donors (Lipinski definition) is 2. The van der Waals surface area contributed by atoms with Gasteiger partial charge in [0.1, 0.15) is 0 Å². The summed E-state index contributed by atoms with van der Waals surface area (Å²) in [5, 5.41) is 3.08. The SMILES string of the molecule is CNC[C@](C)(N)c1ccccc1. The quantitative estimate of drug-likeness (QED) is 0.701. The summed E-state index contributed by atoms with van der Waals surface area (Å²) in [5.41, 5.74) is 6.98. The summed E-state index contributed by atoms with van der Waals surface area (Å²) in [4.78, 5) is 0. The molecule has 0 fully saturated rings. The van der Waals surface area contributed by atoms with E-state index in [0.717, 1.165) is 6.54 Å². The zero-order chi connectivity index (χ0) is 9.03. The summed E-state index contributed by atoms with van der Waals surface area (Å²) < 4.78 is 0. The van der Waals surface area contributed by atoms with Gasteiger partial charge in [0.25, 0.3) is 0 Å². The second-order valence-corrected chi connectivity index (χ2v) is 3.31. The van der Waals surface area contributed by atoms with Crippen LogP contribution in [0.2, 0.25) is 0 Å². The maximum absolute atomic E-state index is 6.09. The molecule has 3 N–H and O–H groups in total. The zero-order valence-corrected chi connectivity index (χ0v) is 7.67. The van der Waals surface area contributed by atoms with E-state index < -0.39 is 0 Å². The summed E-state index contributed by atoms with van der Waals surface area (Å²) in [6.07, 6.45) is 0. The minimum absolute atomic E-state index is 0.268. The van der Waals surface area contributed by atoms with Crippen LogP contribution < -0.4 is 11.1 Å². The summed E-state index contributed by atoms with van der Waals surface area (Å²) in [6.45, 7) is 2.82. The maximum atomic E-state index is 6.09. The molecular formula is C10H16N2. The van der Waals surface area contributed by atoms with Gasteiger partial charge in [0.05, 0.1) is 5.54 Å². The number of benzene rings is 1. The van der Waals surface area contributed by atoms with Gasteiger partial charge in [-0.2, -0.15) is 0 Å². The molecule has 0 aliphatic heterocycles. The molecule has 1 aromatic rings. The van der Waals surface area contributed by atoms with Crippen LogP contribution in [0, 0.1) is 0 Å². The Kier molecular flexibility index (Phi) is 2.84. The van der Waals surface area contributed by atoms with E-state index in [1.165, 1.54) is 5.56 Å². The zero-order valence-electron chi connectivity index (χ0n) is 7.67. The van der Waals surface area contributed by atoms with E-state index in [1.54, 1.807) is 0 Å². The smallest absolute Gasteiger partial charge is 0.0507 e. The van der Waals surface area contributed by atoms with Crippen molar-refractivity contribution in [2.45, 2.75) is 12.5 Å². The van der Waals surface area contributed by atoms with Crippen LogP contribution in [0.4, 0.5) is 0 Å². The fourth-order valence-corrected chi connectivity index (χ4v) is 1.29. The van der Waals surface area contributed by atoms with Crippen LogP contribution in [0.25, 0.3) is 0 Å². The third kappa shape index (κ3) is 2.06. The Balaban J connectivity index is 2.82. The summed E-state index contributed by atoms with van der Waals surface area (Å²) in [5.74, 6) is 0. The van der Waals surface area contributed by atoms with Gasteiger partial charge in [-0.15, -0.1) is 0 Å². The van der Waals surface area contributed by atoms with Gasteiger partial charge in [-0.1, -0.05) is 30.3 Å². The first-order valence-corrected chi connectivity index (χ1v) is 4.16. The summed E-state index contributed by atoms with van der Waals surface area (Å²) >= 11 is 0. The van der Waals surface area contributed by atoms with Crippen molar-refractivity contribution in [3.8, 4) is 0 Å². The average Bonchev–Trinajstić information content (AvgIpc) is 2.06. The monoisotopic (exact) mass is 164 g/mol. The maximum Gasteiger partial charge on any atom is 0.0507 e. The molecule has 0 saturated heterocycles. The van der Waals surface area contributed by atoms with Crippen molar-refractivity contribution >= 4 is 0 Å². The van der Waals surface area contributed by atoms with Crippen LogP contribution in [-0.2, 0) is 5.54 Å². The van der Waals surface area contributed by atoms with Crippen molar-refractivity contribution < 1.29 is 0 Å². The number of rotatable bonds is 3. The van der Waals surface area contributed by atoms with Crippen LogP contribution >= 0.6 is 0 Å². The van der Waals surface area contributed by atoms with Crippen molar-refractivity contribution in [2.75, 3.05) is 13.6 Å². The first kappa shape index (κ1) is 9.23. The van der Waals surface area contributed by atoms with Gasteiger partial charge in [0, 0.05) is 6.54 Å². The molecular weight excluding hydrogens is 148 g/mol. The molecule has 0 heterocycles. The highest BCUT2D eigenvalue weighted by Gasteiger charge is 2.18. The van der Waals surface area contributed by atoms with Crippen LogP contribution in [0.15, 0.2) is 30.3 Å². The molecule has 1 aromatic carbocycles.